The van der Waals surface area contributed by atoms with Crippen LogP contribution in [0.4, 0.5) is 0 Å². The molecule has 3 rings (SSSR count). The van der Waals surface area contributed by atoms with Crippen LogP contribution in [-0.4, -0.2) is 23.7 Å². The second-order valence-corrected chi connectivity index (χ2v) is 6.58. The molecule has 1 saturated carbocycles. The van der Waals surface area contributed by atoms with Crippen LogP contribution in [0.2, 0.25) is 0 Å². The summed E-state index contributed by atoms with van der Waals surface area (Å²) in [6, 6.07) is 8.89. The minimum atomic E-state index is 0.0248. The Morgan fingerprint density at radius 2 is 1.95 bits per heavy atom. The number of carbonyl (C=O) groups is 1. The number of nitrogens with two attached hydrogens (primary N) is 1. The van der Waals surface area contributed by atoms with E-state index in [1.807, 2.05) is 12.1 Å². The lowest BCUT2D eigenvalue weighted by Crippen LogP contribution is -2.42. The zero-order valence-electron chi connectivity index (χ0n) is 11.0. The fraction of sp³-hybridized carbons (Fsp3) is 0.533. The van der Waals surface area contributed by atoms with Crippen LogP contribution in [-0.2, 0) is 4.79 Å². The zero-order chi connectivity index (χ0) is 13.2. The van der Waals surface area contributed by atoms with Crippen molar-refractivity contribution >= 4 is 17.7 Å². The summed E-state index contributed by atoms with van der Waals surface area (Å²) >= 11 is 1.79. The molecule has 3 nitrogen and oxygen atoms in total. The Kier molecular flexibility index (Phi) is 3.80. The van der Waals surface area contributed by atoms with Crippen LogP contribution in [0.15, 0.2) is 29.2 Å². The average Bonchev–Trinajstić information content (AvgIpc) is 2.85. The second-order valence-electron chi connectivity index (χ2n) is 5.52. The van der Waals surface area contributed by atoms with Crippen molar-refractivity contribution in [3.05, 3.63) is 29.8 Å². The summed E-state index contributed by atoms with van der Waals surface area (Å²) in [6.45, 7) is 0. The number of benzene rings is 1. The predicted octanol–water partition coefficient (Wildman–Crippen LogP) is 2.26. The van der Waals surface area contributed by atoms with Gasteiger partial charge in [-0.3, -0.25) is 4.79 Å². The van der Waals surface area contributed by atoms with Crippen molar-refractivity contribution in [3.8, 4) is 0 Å². The molecule has 1 aromatic rings. The molecule has 1 fully saturated rings. The number of nitrogens with one attached hydrogen (secondary N) is 1. The summed E-state index contributed by atoms with van der Waals surface area (Å²) < 4.78 is 0. The second kappa shape index (κ2) is 5.55. The van der Waals surface area contributed by atoms with Gasteiger partial charge in [-0.05, 0) is 37.3 Å². The maximum Gasteiger partial charge on any atom is 0.228 e. The molecule has 0 aromatic heterocycles. The summed E-state index contributed by atoms with van der Waals surface area (Å²) in [7, 11) is 0. The molecule has 4 heteroatoms. The van der Waals surface area contributed by atoms with Gasteiger partial charge in [-0.15, -0.1) is 11.8 Å². The van der Waals surface area contributed by atoms with Gasteiger partial charge in [0, 0.05) is 22.7 Å². The van der Waals surface area contributed by atoms with Crippen LogP contribution in [0, 0.1) is 0 Å². The average molecular weight is 276 g/mol. The van der Waals surface area contributed by atoms with E-state index in [0.29, 0.717) is 12.1 Å². The van der Waals surface area contributed by atoms with Crippen molar-refractivity contribution in [2.24, 2.45) is 5.73 Å². The van der Waals surface area contributed by atoms with Gasteiger partial charge in [0.1, 0.15) is 0 Å². The first-order chi connectivity index (χ1) is 9.24. The number of carbonyl (C=O) groups excluding carboxylic acids is 1. The molecule has 1 atom stereocenters. The third kappa shape index (κ3) is 2.79. The number of hydrogen-bond acceptors (Lipinski definition) is 3. The Bertz CT molecular complexity index is 469. The van der Waals surface area contributed by atoms with E-state index < -0.39 is 0 Å². The van der Waals surface area contributed by atoms with E-state index in [0.717, 1.165) is 31.4 Å². The molecule has 0 spiro atoms. The standard InChI is InChI=1S/C15H20N2OS/c16-10-5-7-11(8-6-10)17-15(18)13-9-19-14-4-2-1-3-12(13)14/h1-4,10-11,13H,5-9,16H2,(H,17,18). The number of thioether (sulfide) groups is 1. The van der Waals surface area contributed by atoms with E-state index in [2.05, 4.69) is 17.4 Å². The highest BCUT2D eigenvalue weighted by Crippen LogP contribution is 2.39. The van der Waals surface area contributed by atoms with Gasteiger partial charge < -0.3 is 11.1 Å². The van der Waals surface area contributed by atoms with Gasteiger partial charge in [-0.25, -0.2) is 0 Å². The molecular weight excluding hydrogens is 256 g/mol. The van der Waals surface area contributed by atoms with Crippen molar-refractivity contribution < 1.29 is 4.79 Å². The van der Waals surface area contributed by atoms with Gasteiger partial charge >= 0.3 is 0 Å². The fourth-order valence-corrected chi connectivity index (χ4v) is 4.17. The van der Waals surface area contributed by atoms with Crippen LogP contribution in [0.25, 0.3) is 0 Å². The quantitative estimate of drug-likeness (QED) is 0.871. The monoisotopic (exact) mass is 276 g/mol. The van der Waals surface area contributed by atoms with Crippen LogP contribution < -0.4 is 11.1 Å². The van der Waals surface area contributed by atoms with E-state index in [1.165, 1.54) is 10.5 Å². The van der Waals surface area contributed by atoms with Gasteiger partial charge in [0.25, 0.3) is 0 Å². The third-order valence-electron chi connectivity index (χ3n) is 4.13. The van der Waals surface area contributed by atoms with E-state index in [9.17, 15) is 4.79 Å². The minimum absolute atomic E-state index is 0.0248. The topological polar surface area (TPSA) is 55.1 Å². The highest BCUT2D eigenvalue weighted by molar-refractivity contribution is 7.99. The third-order valence-corrected chi connectivity index (χ3v) is 5.32. The maximum atomic E-state index is 12.4. The smallest absolute Gasteiger partial charge is 0.228 e. The summed E-state index contributed by atoms with van der Waals surface area (Å²) in [4.78, 5) is 13.7. The molecule has 102 valence electrons. The number of rotatable bonds is 2. The van der Waals surface area contributed by atoms with E-state index >= 15 is 0 Å². The lowest BCUT2D eigenvalue weighted by atomic mass is 9.91. The zero-order valence-corrected chi connectivity index (χ0v) is 11.8. The van der Waals surface area contributed by atoms with Crippen molar-refractivity contribution in [3.63, 3.8) is 0 Å². The number of hydrogen-bond donors (Lipinski definition) is 2. The minimum Gasteiger partial charge on any atom is -0.353 e. The van der Waals surface area contributed by atoms with Gasteiger partial charge in [0.2, 0.25) is 5.91 Å². The molecule has 1 aliphatic heterocycles. The molecule has 1 aliphatic carbocycles. The first-order valence-electron chi connectivity index (χ1n) is 7.01. The summed E-state index contributed by atoms with van der Waals surface area (Å²) in [5, 5.41) is 3.21. The van der Waals surface area contributed by atoms with Gasteiger partial charge in [-0.1, -0.05) is 18.2 Å². The lowest BCUT2D eigenvalue weighted by molar-refractivity contribution is -0.123. The van der Waals surface area contributed by atoms with Gasteiger partial charge in [0.05, 0.1) is 5.92 Å². The Morgan fingerprint density at radius 1 is 1.21 bits per heavy atom. The Hall–Kier alpha value is -1.00. The molecule has 2 aliphatic rings. The number of fused-ring (bicyclic) bond motifs is 1. The van der Waals surface area contributed by atoms with Crippen molar-refractivity contribution in [1.82, 2.24) is 5.32 Å². The maximum absolute atomic E-state index is 12.4. The Balaban J connectivity index is 1.63. The van der Waals surface area contributed by atoms with E-state index in [1.54, 1.807) is 11.8 Å². The SMILES string of the molecule is NC1CCC(NC(=O)C2CSc3ccccc32)CC1. The van der Waals surface area contributed by atoms with Crippen LogP contribution >= 0.6 is 11.8 Å². The summed E-state index contributed by atoms with van der Waals surface area (Å²) in [5.41, 5.74) is 7.09. The van der Waals surface area contributed by atoms with Crippen molar-refractivity contribution in [2.75, 3.05) is 5.75 Å². The van der Waals surface area contributed by atoms with Crippen LogP contribution in [0.1, 0.15) is 37.2 Å². The van der Waals surface area contributed by atoms with Gasteiger partial charge in [0.15, 0.2) is 0 Å². The fourth-order valence-electron chi connectivity index (χ4n) is 2.94. The first kappa shape index (κ1) is 13.0. The molecule has 0 radical (unpaired) electrons. The van der Waals surface area contributed by atoms with Gasteiger partial charge in [-0.2, -0.15) is 0 Å². The van der Waals surface area contributed by atoms with E-state index in [-0.39, 0.29) is 11.8 Å². The molecule has 0 bridgehead atoms. The molecule has 1 aromatic carbocycles. The highest BCUT2D eigenvalue weighted by Gasteiger charge is 2.30. The van der Waals surface area contributed by atoms with Crippen molar-refractivity contribution in [2.45, 2.75) is 48.6 Å². The largest absolute Gasteiger partial charge is 0.353 e. The first-order valence-corrected chi connectivity index (χ1v) is 8.00. The molecule has 19 heavy (non-hydrogen) atoms. The highest BCUT2D eigenvalue weighted by atomic mass is 32.2. The summed E-state index contributed by atoms with van der Waals surface area (Å²) in [5.74, 6) is 1.09. The van der Waals surface area contributed by atoms with Crippen LogP contribution in [0.3, 0.4) is 0 Å². The Morgan fingerprint density at radius 3 is 2.74 bits per heavy atom. The molecule has 1 unspecified atom stereocenters. The molecule has 1 amide bonds. The number of amides is 1. The van der Waals surface area contributed by atoms with Crippen molar-refractivity contribution in [1.29, 1.82) is 0 Å². The summed E-state index contributed by atoms with van der Waals surface area (Å²) in [6.07, 6.45) is 4.10. The molecule has 0 saturated heterocycles. The Labute approximate surface area is 118 Å². The molecule has 1 heterocycles. The predicted molar refractivity (Wildman–Crippen MR) is 78.3 cm³/mol. The molecule has 3 N–H and O–H groups in total. The molecular formula is C15H20N2OS. The normalized spacial score (nSPS) is 29.8. The van der Waals surface area contributed by atoms with Crippen LogP contribution in [0.5, 0.6) is 0 Å². The lowest BCUT2D eigenvalue weighted by Gasteiger charge is -2.27. The van der Waals surface area contributed by atoms with E-state index in [4.69, 9.17) is 5.73 Å².